The Bertz CT molecular complexity index is 474. The van der Waals surface area contributed by atoms with Gasteiger partial charge in [-0.05, 0) is 27.7 Å². The van der Waals surface area contributed by atoms with Crippen molar-refractivity contribution in [2.45, 2.75) is 45.4 Å². The quantitative estimate of drug-likeness (QED) is 0.500. The van der Waals surface area contributed by atoms with Gasteiger partial charge in [0, 0.05) is 12.8 Å². The van der Waals surface area contributed by atoms with Gasteiger partial charge in [0.05, 0.1) is 26.4 Å². The van der Waals surface area contributed by atoms with Crippen LogP contribution in [0.1, 0.15) is 40.5 Å². The van der Waals surface area contributed by atoms with Gasteiger partial charge in [-0.3, -0.25) is 9.13 Å². The van der Waals surface area contributed by atoms with Gasteiger partial charge in [0.25, 0.3) is 0 Å². The SMILES string of the molecule is C=C1CC(P(=O)(OCC)OCC)(P(=O)(OCC)OCC)CC1=C. The lowest BCUT2D eigenvalue weighted by atomic mass is 10.2. The van der Waals surface area contributed by atoms with Crippen LogP contribution in [0.5, 0.6) is 0 Å². The van der Waals surface area contributed by atoms with Crippen LogP contribution in [0.15, 0.2) is 24.3 Å². The molecule has 1 aliphatic rings. The summed E-state index contributed by atoms with van der Waals surface area (Å²) in [5, 5.41) is 0. The Balaban J connectivity index is 3.55. The summed E-state index contributed by atoms with van der Waals surface area (Å²) < 4.78 is 49.2. The Morgan fingerprint density at radius 2 is 1.04 bits per heavy atom. The predicted molar refractivity (Wildman–Crippen MR) is 92.0 cm³/mol. The maximum Gasteiger partial charge on any atom is 0.349 e. The Morgan fingerprint density at radius 1 is 0.783 bits per heavy atom. The zero-order valence-corrected chi connectivity index (χ0v) is 16.3. The maximum atomic E-state index is 13.6. The third kappa shape index (κ3) is 3.73. The fourth-order valence-electron chi connectivity index (χ4n) is 2.77. The highest BCUT2D eigenvalue weighted by Crippen LogP contribution is 2.83. The first-order valence-corrected chi connectivity index (χ1v) is 11.0. The largest absolute Gasteiger partial charge is 0.349 e. The van der Waals surface area contributed by atoms with Crippen LogP contribution in [-0.2, 0) is 27.2 Å². The highest BCUT2D eigenvalue weighted by Gasteiger charge is 2.67. The van der Waals surface area contributed by atoms with E-state index in [0.717, 1.165) is 0 Å². The lowest BCUT2D eigenvalue weighted by Crippen LogP contribution is -2.30. The Labute approximate surface area is 139 Å². The van der Waals surface area contributed by atoms with E-state index in [1.165, 1.54) is 0 Å². The summed E-state index contributed by atoms with van der Waals surface area (Å²) in [4.78, 5) is -1.42. The topological polar surface area (TPSA) is 71.1 Å². The molecule has 0 spiro atoms. The summed E-state index contributed by atoms with van der Waals surface area (Å²) in [5.41, 5.74) is 1.34. The van der Waals surface area contributed by atoms with Gasteiger partial charge in [-0.1, -0.05) is 24.3 Å². The predicted octanol–water partition coefficient (Wildman–Crippen LogP) is 5.12. The van der Waals surface area contributed by atoms with E-state index in [9.17, 15) is 9.13 Å². The van der Waals surface area contributed by atoms with Gasteiger partial charge in [-0.2, -0.15) is 0 Å². The summed E-state index contributed by atoms with van der Waals surface area (Å²) in [7, 11) is -7.58. The average molecular weight is 366 g/mol. The van der Waals surface area contributed by atoms with Gasteiger partial charge in [0.15, 0.2) is 4.90 Å². The van der Waals surface area contributed by atoms with Crippen LogP contribution < -0.4 is 0 Å². The maximum absolute atomic E-state index is 13.6. The molecule has 0 unspecified atom stereocenters. The van der Waals surface area contributed by atoms with Gasteiger partial charge in [0.2, 0.25) is 0 Å². The van der Waals surface area contributed by atoms with Crippen molar-refractivity contribution < 1.29 is 27.2 Å². The van der Waals surface area contributed by atoms with Gasteiger partial charge < -0.3 is 18.1 Å². The number of hydrogen-bond acceptors (Lipinski definition) is 6. The van der Waals surface area contributed by atoms with Crippen molar-refractivity contribution in [1.82, 2.24) is 0 Å². The minimum atomic E-state index is -3.79. The van der Waals surface area contributed by atoms with Crippen molar-refractivity contribution in [3.05, 3.63) is 24.3 Å². The number of hydrogen-bond donors (Lipinski definition) is 0. The fraction of sp³-hybridized carbons (Fsp3) is 0.733. The van der Waals surface area contributed by atoms with E-state index >= 15 is 0 Å². The minimum Gasteiger partial charge on any atom is -0.308 e. The van der Waals surface area contributed by atoms with Crippen molar-refractivity contribution in [3.63, 3.8) is 0 Å². The molecule has 0 aromatic carbocycles. The molecule has 23 heavy (non-hydrogen) atoms. The summed E-state index contributed by atoms with van der Waals surface area (Å²) in [6.45, 7) is 15.4. The molecule has 134 valence electrons. The Hall–Kier alpha value is -0.220. The Kier molecular flexibility index (Phi) is 7.46. The molecule has 0 bridgehead atoms. The van der Waals surface area contributed by atoms with Crippen LogP contribution in [0.3, 0.4) is 0 Å². The normalized spacial score (nSPS) is 18.6. The van der Waals surface area contributed by atoms with Crippen LogP contribution in [0, 0.1) is 0 Å². The molecule has 0 aliphatic heterocycles. The third-order valence-electron chi connectivity index (χ3n) is 3.71. The van der Waals surface area contributed by atoms with E-state index in [2.05, 4.69) is 13.2 Å². The van der Waals surface area contributed by atoms with Crippen molar-refractivity contribution in [3.8, 4) is 0 Å². The second-order valence-corrected chi connectivity index (χ2v) is 10.3. The standard InChI is InChI=1S/C15H28O6P2/c1-7-18-22(16,19-8-2)15(11-13(5)14(6)12-15)23(17,20-9-3)21-10-4/h5-12H2,1-4H3. The fourth-order valence-corrected chi connectivity index (χ4v) is 8.67. The molecule has 1 aliphatic carbocycles. The number of rotatable bonds is 10. The first kappa shape index (κ1) is 20.8. The summed E-state index contributed by atoms with van der Waals surface area (Å²) >= 11 is 0. The highest BCUT2D eigenvalue weighted by molar-refractivity contribution is 7.74. The van der Waals surface area contributed by atoms with Gasteiger partial charge in [-0.25, -0.2) is 0 Å². The van der Waals surface area contributed by atoms with E-state index in [4.69, 9.17) is 18.1 Å². The smallest absolute Gasteiger partial charge is 0.308 e. The second-order valence-electron chi connectivity index (χ2n) is 5.21. The molecule has 6 nitrogen and oxygen atoms in total. The van der Waals surface area contributed by atoms with Crippen LogP contribution in [0.4, 0.5) is 0 Å². The van der Waals surface area contributed by atoms with E-state index in [0.29, 0.717) is 11.1 Å². The average Bonchev–Trinajstić information content (AvgIpc) is 2.78. The zero-order chi connectivity index (χ0) is 17.7. The van der Waals surface area contributed by atoms with Crippen molar-refractivity contribution in [2.75, 3.05) is 26.4 Å². The molecule has 0 aromatic rings. The van der Waals surface area contributed by atoms with E-state index < -0.39 is 20.1 Å². The summed E-state index contributed by atoms with van der Waals surface area (Å²) in [5.74, 6) is 0. The molecule has 0 N–H and O–H groups in total. The number of allylic oxidation sites excluding steroid dienone is 2. The van der Waals surface area contributed by atoms with Crippen LogP contribution >= 0.6 is 15.2 Å². The third-order valence-corrected chi connectivity index (χ3v) is 10.2. The van der Waals surface area contributed by atoms with Crippen LogP contribution in [0.25, 0.3) is 0 Å². The van der Waals surface area contributed by atoms with Crippen molar-refractivity contribution in [1.29, 1.82) is 0 Å². The van der Waals surface area contributed by atoms with Gasteiger partial charge in [-0.15, -0.1) is 0 Å². The molecular formula is C15H28O6P2. The molecule has 0 heterocycles. The van der Waals surface area contributed by atoms with Gasteiger partial charge >= 0.3 is 15.2 Å². The highest BCUT2D eigenvalue weighted by atomic mass is 31.2. The first-order valence-electron chi connectivity index (χ1n) is 7.90. The first-order chi connectivity index (χ1) is 10.8. The summed E-state index contributed by atoms with van der Waals surface area (Å²) in [6.07, 6.45) is 0.306. The zero-order valence-electron chi connectivity index (χ0n) is 14.5. The molecule has 0 amide bonds. The molecule has 1 rings (SSSR count). The van der Waals surface area contributed by atoms with Crippen LogP contribution in [-0.4, -0.2) is 31.3 Å². The van der Waals surface area contributed by atoms with Crippen molar-refractivity contribution >= 4 is 15.2 Å². The lowest BCUT2D eigenvalue weighted by Gasteiger charge is -2.39. The lowest BCUT2D eigenvalue weighted by molar-refractivity contribution is 0.178. The monoisotopic (exact) mass is 366 g/mol. The molecule has 0 saturated heterocycles. The van der Waals surface area contributed by atoms with Crippen LogP contribution in [0.2, 0.25) is 0 Å². The van der Waals surface area contributed by atoms with E-state index in [1.54, 1.807) is 27.7 Å². The molecule has 1 fully saturated rings. The molecule has 0 aromatic heterocycles. The van der Waals surface area contributed by atoms with Gasteiger partial charge in [0.1, 0.15) is 0 Å². The second kappa shape index (κ2) is 8.24. The molecular weight excluding hydrogens is 338 g/mol. The van der Waals surface area contributed by atoms with E-state index in [1.807, 2.05) is 0 Å². The Morgan fingerprint density at radius 3 is 1.26 bits per heavy atom. The molecule has 0 radical (unpaired) electrons. The molecule has 0 atom stereocenters. The van der Waals surface area contributed by atoms with Crippen molar-refractivity contribution in [2.24, 2.45) is 0 Å². The molecule has 1 saturated carbocycles. The van der Waals surface area contributed by atoms with E-state index in [-0.39, 0.29) is 39.3 Å². The summed E-state index contributed by atoms with van der Waals surface area (Å²) in [6, 6.07) is 0. The molecule has 8 heteroatoms. The minimum absolute atomic E-state index is 0.153.